The van der Waals surface area contributed by atoms with Crippen LogP contribution in [0.3, 0.4) is 0 Å². The predicted octanol–water partition coefficient (Wildman–Crippen LogP) is 4.59. The minimum Gasteiger partial charge on any atom is -0.506 e. The summed E-state index contributed by atoms with van der Waals surface area (Å²) in [5, 5.41) is 27.8. The molecule has 3 rings (SSSR count). The average molecular weight is 447 g/mol. The minimum atomic E-state index is -0.702. The average Bonchev–Trinajstić information content (AvgIpc) is 2.76. The molecule has 5 N–H and O–H groups in total. The molecular formula is C25H25N3O5. The highest BCUT2D eigenvalue weighted by molar-refractivity contribution is 6.11. The van der Waals surface area contributed by atoms with Crippen LogP contribution in [0, 0.1) is 5.41 Å². The first-order valence-corrected chi connectivity index (χ1v) is 10.2. The fraction of sp³-hybridized carbons (Fsp3) is 0.160. The minimum absolute atomic E-state index is 0.0902. The molecule has 0 spiro atoms. The number of carbonyl (C=O) groups excluding carboxylic acids is 3. The first-order chi connectivity index (χ1) is 15.5. The zero-order chi connectivity index (χ0) is 24.2. The molecule has 0 fully saturated rings. The van der Waals surface area contributed by atoms with Gasteiger partial charge in [0, 0.05) is 22.2 Å². The van der Waals surface area contributed by atoms with Gasteiger partial charge in [-0.3, -0.25) is 14.4 Å². The lowest BCUT2D eigenvalue weighted by Crippen LogP contribution is -2.28. The highest BCUT2D eigenvalue weighted by Gasteiger charge is 2.23. The molecule has 8 nitrogen and oxygen atoms in total. The van der Waals surface area contributed by atoms with Crippen LogP contribution in [0.15, 0.2) is 66.7 Å². The lowest BCUT2D eigenvalue weighted by atomic mass is 9.95. The van der Waals surface area contributed by atoms with E-state index in [1.807, 2.05) is 0 Å². The summed E-state index contributed by atoms with van der Waals surface area (Å²) in [6.07, 6.45) is 0. The van der Waals surface area contributed by atoms with Crippen molar-refractivity contribution in [3.8, 4) is 11.5 Å². The lowest BCUT2D eigenvalue weighted by molar-refractivity contribution is -0.123. The Morgan fingerprint density at radius 2 is 1.09 bits per heavy atom. The van der Waals surface area contributed by atoms with E-state index in [1.54, 1.807) is 45.0 Å². The van der Waals surface area contributed by atoms with Crippen molar-refractivity contribution in [2.24, 2.45) is 5.41 Å². The van der Waals surface area contributed by atoms with Crippen molar-refractivity contribution in [3.05, 3.63) is 77.9 Å². The molecule has 0 radical (unpaired) electrons. The second-order valence-corrected chi connectivity index (χ2v) is 8.45. The standard InChI is InChI=1S/C25H25N3O5/c1-25(2,3)24(33)26-17-13-15(22(31)27-18-8-4-6-10-20(18)29)12-16(14-17)23(32)28-19-9-5-7-11-21(19)30/h4-14,29-30H,1-3H3,(H,26,33)(H,27,31)(H,28,32). The summed E-state index contributed by atoms with van der Waals surface area (Å²) < 4.78 is 0. The molecule has 0 aliphatic heterocycles. The number of phenolic OH excluding ortho intramolecular Hbond substituents is 2. The third-order valence-corrected chi connectivity index (χ3v) is 4.70. The highest BCUT2D eigenvalue weighted by Crippen LogP contribution is 2.26. The van der Waals surface area contributed by atoms with Crippen LogP contribution in [0.2, 0.25) is 0 Å². The summed E-state index contributed by atoms with van der Waals surface area (Å²) in [4.78, 5) is 38.3. The van der Waals surface area contributed by atoms with Gasteiger partial charge >= 0.3 is 0 Å². The molecule has 0 saturated heterocycles. The molecule has 0 aliphatic carbocycles. The van der Waals surface area contributed by atoms with Crippen molar-refractivity contribution < 1.29 is 24.6 Å². The normalized spacial score (nSPS) is 10.9. The van der Waals surface area contributed by atoms with Gasteiger partial charge in [0.1, 0.15) is 11.5 Å². The molecular weight excluding hydrogens is 422 g/mol. The number of amides is 3. The first kappa shape index (κ1) is 23.3. The van der Waals surface area contributed by atoms with E-state index in [0.717, 1.165) is 0 Å². The number of rotatable bonds is 5. The van der Waals surface area contributed by atoms with E-state index in [-0.39, 0.29) is 45.6 Å². The van der Waals surface area contributed by atoms with Crippen molar-refractivity contribution >= 4 is 34.8 Å². The molecule has 8 heteroatoms. The SMILES string of the molecule is CC(C)(C)C(=O)Nc1cc(C(=O)Nc2ccccc2O)cc(C(=O)Nc2ccccc2O)c1. The predicted molar refractivity (Wildman–Crippen MR) is 127 cm³/mol. The largest absolute Gasteiger partial charge is 0.506 e. The number of anilines is 3. The van der Waals surface area contributed by atoms with Gasteiger partial charge in [-0.1, -0.05) is 45.0 Å². The van der Waals surface area contributed by atoms with Gasteiger partial charge in [-0.2, -0.15) is 0 Å². The van der Waals surface area contributed by atoms with Crippen molar-refractivity contribution in [3.63, 3.8) is 0 Å². The molecule has 0 atom stereocenters. The van der Waals surface area contributed by atoms with Crippen LogP contribution in [0.25, 0.3) is 0 Å². The van der Waals surface area contributed by atoms with E-state index in [4.69, 9.17) is 0 Å². The van der Waals surface area contributed by atoms with Crippen LogP contribution in [0.5, 0.6) is 11.5 Å². The van der Waals surface area contributed by atoms with E-state index >= 15 is 0 Å². The highest BCUT2D eigenvalue weighted by atomic mass is 16.3. The Bertz CT molecular complexity index is 1140. The van der Waals surface area contributed by atoms with Crippen LogP contribution < -0.4 is 16.0 Å². The van der Waals surface area contributed by atoms with Gasteiger partial charge in [0.2, 0.25) is 5.91 Å². The molecule has 33 heavy (non-hydrogen) atoms. The van der Waals surface area contributed by atoms with Crippen molar-refractivity contribution in [2.75, 3.05) is 16.0 Å². The van der Waals surface area contributed by atoms with Crippen LogP contribution in [0.1, 0.15) is 41.5 Å². The Morgan fingerprint density at radius 1 is 0.667 bits per heavy atom. The number of benzene rings is 3. The Kier molecular flexibility index (Phi) is 6.67. The lowest BCUT2D eigenvalue weighted by Gasteiger charge is -2.19. The maximum atomic E-state index is 12.9. The number of carbonyl (C=O) groups is 3. The molecule has 3 amide bonds. The van der Waals surface area contributed by atoms with Gasteiger partial charge in [0.25, 0.3) is 11.8 Å². The summed E-state index contributed by atoms with van der Waals surface area (Å²) >= 11 is 0. The maximum Gasteiger partial charge on any atom is 0.255 e. The van der Waals surface area contributed by atoms with Gasteiger partial charge in [-0.25, -0.2) is 0 Å². The summed E-state index contributed by atoms with van der Waals surface area (Å²) in [6, 6.07) is 16.7. The zero-order valence-corrected chi connectivity index (χ0v) is 18.5. The number of para-hydroxylation sites is 4. The molecule has 0 bridgehead atoms. The summed E-state index contributed by atoms with van der Waals surface area (Å²) in [6.45, 7) is 5.22. The van der Waals surface area contributed by atoms with Gasteiger partial charge in [-0.05, 0) is 42.5 Å². The van der Waals surface area contributed by atoms with E-state index in [2.05, 4.69) is 16.0 Å². The molecule has 3 aromatic rings. The molecule has 0 unspecified atom stereocenters. The fourth-order valence-electron chi connectivity index (χ4n) is 2.83. The fourth-order valence-corrected chi connectivity index (χ4v) is 2.83. The maximum absolute atomic E-state index is 12.9. The van der Waals surface area contributed by atoms with E-state index in [1.165, 1.54) is 42.5 Å². The Morgan fingerprint density at radius 3 is 1.48 bits per heavy atom. The molecule has 0 heterocycles. The third kappa shape index (κ3) is 5.88. The van der Waals surface area contributed by atoms with Crippen molar-refractivity contribution in [2.45, 2.75) is 20.8 Å². The molecule has 0 aliphatic rings. The molecule has 170 valence electrons. The van der Waals surface area contributed by atoms with E-state index in [9.17, 15) is 24.6 Å². The molecule has 0 saturated carbocycles. The monoisotopic (exact) mass is 447 g/mol. The molecule has 0 aromatic heterocycles. The van der Waals surface area contributed by atoms with Crippen LogP contribution in [-0.4, -0.2) is 27.9 Å². The Hall–Kier alpha value is -4.33. The number of phenols is 2. The van der Waals surface area contributed by atoms with E-state index < -0.39 is 17.2 Å². The second-order valence-electron chi connectivity index (χ2n) is 8.45. The van der Waals surface area contributed by atoms with Crippen molar-refractivity contribution in [1.29, 1.82) is 0 Å². The summed E-state index contributed by atoms with van der Waals surface area (Å²) in [5.41, 5.74) is 0.132. The van der Waals surface area contributed by atoms with Gasteiger partial charge in [-0.15, -0.1) is 0 Å². The summed E-state index contributed by atoms with van der Waals surface area (Å²) in [7, 11) is 0. The van der Waals surface area contributed by atoms with Gasteiger partial charge < -0.3 is 26.2 Å². The second kappa shape index (κ2) is 9.44. The zero-order valence-electron chi connectivity index (χ0n) is 18.5. The van der Waals surface area contributed by atoms with Gasteiger partial charge in [0.05, 0.1) is 11.4 Å². The van der Waals surface area contributed by atoms with Crippen LogP contribution >= 0.6 is 0 Å². The summed E-state index contributed by atoms with van der Waals surface area (Å²) in [5.74, 6) is -1.69. The number of nitrogens with one attached hydrogen (secondary N) is 3. The van der Waals surface area contributed by atoms with Crippen molar-refractivity contribution in [1.82, 2.24) is 0 Å². The Balaban J connectivity index is 1.96. The Labute approximate surface area is 191 Å². The number of hydrogen-bond acceptors (Lipinski definition) is 5. The van der Waals surface area contributed by atoms with E-state index in [0.29, 0.717) is 0 Å². The third-order valence-electron chi connectivity index (χ3n) is 4.70. The number of hydrogen-bond donors (Lipinski definition) is 5. The van der Waals surface area contributed by atoms with Crippen LogP contribution in [-0.2, 0) is 4.79 Å². The topological polar surface area (TPSA) is 128 Å². The molecule has 3 aromatic carbocycles. The number of aromatic hydroxyl groups is 2. The van der Waals surface area contributed by atoms with Crippen LogP contribution in [0.4, 0.5) is 17.1 Å². The first-order valence-electron chi connectivity index (χ1n) is 10.2. The quantitative estimate of drug-likeness (QED) is 0.366. The smallest absolute Gasteiger partial charge is 0.255 e. The van der Waals surface area contributed by atoms with Gasteiger partial charge in [0.15, 0.2) is 0 Å².